The van der Waals surface area contributed by atoms with Gasteiger partial charge in [0.05, 0.1) is 11.9 Å². The van der Waals surface area contributed by atoms with Crippen molar-refractivity contribution in [3.63, 3.8) is 0 Å². The van der Waals surface area contributed by atoms with E-state index >= 15 is 0 Å². The summed E-state index contributed by atoms with van der Waals surface area (Å²) in [6.07, 6.45) is 3.77. The van der Waals surface area contributed by atoms with Crippen LogP contribution in [-0.4, -0.2) is 54.4 Å². The van der Waals surface area contributed by atoms with Crippen LogP contribution in [0.15, 0.2) is 18.3 Å². The van der Waals surface area contributed by atoms with E-state index in [1.807, 2.05) is 17.0 Å². The third-order valence-corrected chi connectivity index (χ3v) is 4.66. The molecule has 0 aromatic carbocycles. The van der Waals surface area contributed by atoms with Crippen molar-refractivity contribution >= 4 is 48.1 Å². The van der Waals surface area contributed by atoms with E-state index in [-0.39, 0.29) is 42.6 Å². The number of anilines is 2. The Bertz CT molecular complexity index is 602. The molecule has 146 valence electrons. The van der Waals surface area contributed by atoms with E-state index in [9.17, 15) is 9.59 Å². The van der Waals surface area contributed by atoms with Crippen molar-refractivity contribution in [1.29, 1.82) is 0 Å². The maximum atomic E-state index is 12.1. The summed E-state index contributed by atoms with van der Waals surface area (Å²) >= 11 is 0. The van der Waals surface area contributed by atoms with Gasteiger partial charge in [-0.1, -0.05) is 6.92 Å². The van der Waals surface area contributed by atoms with Crippen molar-refractivity contribution < 1.29 is 9.59 Å². The van der Waals surface area contributed by atoms with E-state index in [0.29, 0.717) is 18.1 Å². The summed E-state index contributed by atoms with van der Waals surface area (Å²) in [6.45, 7) is 5.20. The minimum atomic E-state index is -0.221. The van der Waals surface area contributed by atoms with Crippen molar-refractivity contribution in [2.24, 2.45) is 17.6 Å². The highest BCUT2D eigenvalue weighted by molar-refractivity contribution is 5.92. The minimum absolute atomic E-state index is 0. The van der Waals surface area contributed by atoms with E-state index in [2.05, 4.69) is 15.2 Å². The lowest BCUT2D eigenvalue weighted by Crippen LogP contribution is -2.49. The Morgan fingerprint density at radius 1 is 1.23 bits per heavy atom. The first-order chi connectivity index (χ1) is 11.6. The van der Waals surface area contributed by atoms with Crippen molar-refractivity contribution in [3.05, 3.63) is 18.3 Å². The lowest BCUT2D eigenvalue weighted by molar-refractivity contribution is -0.132. The van der Waals surface area contributed by atoms with Crippen LogP contribution in [0, 0.1) is 11.8 Å². The van der Waals surface area contributed by atoms with Crippen LogP contribution in [0.25, 0.3) is 0 Å². The zero-order valence-corrected chi connectivity index (χ0v) is 16.5. The van der Waals surface area contributed by atoms with Crippen LogP contribution in [0.5, 0.6) is 0 Å². The fourth-order valence-electron chi connectivity index (χ4n) is 2.76. The zero-order valence-electron chi connectivity index (χ0n) is 14.9. The molecule has 3 rings (SSSR count). The molecule has 7 nitrogen and oxygen atoms in total. The molecule has 1 aliphatic heterocycles. The second-order valence-corrected chi connectivity index (χ2v) is 6.62. The number of nitrogens with zero attached hydrogens (tertiary/aromatic N) is 3. The highest BCUT2D eigenvalue weighted by Gasteiger charge is 2.34. The maximum absolute atomic E-state index is 12.1. The second-order valence-electron chi connectivity index (χ2n) is 6.62. The van der Waals surface area contributed by atoms with Crippen molar-refractivity contribution in [2.45, 2.75) is 19.8 Å². The molecule has 2 fully saturated rings. The summed E-state index contributed by atoms with van der Waals surface area (Å²) in [5, 5.41) is 2.81. The average molecular weight is 404 g/mol. The van der Waals surface area contributed by atoms with E-state index in [4.69, 9.17) is 5.73 Å². The Morgan fingerprint density at radius 3 is 2.38 bits per heavy atom. The molecule has 1 aliphatic carbocycles. The van der Waals surface area contributed by atoms with Gasteiger partial charge < -0.3 is 20.9 Å². The smallest absolute Gasteiger partial charge is 0.228 e. The molecule has 3 N–H and O–H groups in total. The van der Waals surface area contributed by atoms with Crippen LogP contribution < -0.4 is 16.0 Å². The fraction of sp³-hybridized carbons (Fsp3) is 0.588. The summed E-state index contributed by atoms with van der Waals surface area (Å²) in [5.74, 6) is 1.16. The van der Waals surface area contributed by atoms with E-state index in [1.165, 1.54) is 0 Å². The number of nitrogens with two attached hydrogens (primary N) is 1. The quantitative estimate of drug-likeness (QED) is 0.777. The number of hydrogen-bond acceptors (Lipinski definition) is 5. The van der Waals surface area contributed by atoms with Gasteiger partial charge in [0.1, 0.15) is 5.82 Å². The lowest BCUT2D eigenvalue weighted by atomic mass is 10.1. The third kappa shape index (κ3) is 5.46. The summed E-state index contributed by atoms with van der Waals surface area (Å²) in [6, 6.07) is 3.76. The van der Waals surface area contributed by atoms with Crippen molar-refractivity contribution in [2.75, 3.05) is 42.9 Å². The molecular weight excluding hydrogens is 377 g/mol. The van der Waals surface area contributed by atoms with Crippen LogP contribution in [-0.2, 0) is 9.59 Å². The molecule has 1 saturated carbocycles. The van der Waals surface area contributed by atoms with Crippen LogP contribution in [0.1, 0.15) is 19.8 Å². The Morgan fingerprint density at radius 2 is 1.88 bits per heavy atom. The molecule has 1 aromatic rings. The number of hydrogen-bond donors (Lipinski definition) is 2. The van der Waals surface area contributed by atoms with Crippen LogP contribution in [0.2, 0.25) is 0 Å². The Labute approximate surface area is 166 Å². The highest BCUT2D eigenvalue weighted by atomic mass is 35.5. The molecule has 1 unspecified atom stereocenters. The summed E-state index contributed by atoms with van der Waals surface area (Å²) in [7, 11) is 0. The Hall–Kier alpha value is -1.57. The normalized spacial score (nSPS) is 17.6. The summed E-state index contributed by atoms with van der Waals surface area (Å²) < 4.78 is 0. The van der Waals surface area contributed by atoms with Gasteiger partial charge in [0, 0.05) is 44.6 Å². The summed E-state index contributed by atoms with van der Waals surface area (Å²) in [5.41, 5.74) is 6.16. The minimum Gasteiger partial charge on any atom is -0.353 e. The van der Waals surface area contributed by atoms with E-state index < -0.39 is 0 Å². The number of pyridine rings is 1. The molecule has 2 heterocycles. The van der Waals surface area contributed by atoms with Crippen LogP contribution >= 0.6 is 24.8 Å². The SMILES string of the molecule is CC(CN)C(=O)Nc1ccc(N2CCN(C(=O)C3CC3)CC2)nc1.Cl.Cl. The van der Waals surface area contributed by atoms with Crippen molar-refractivity contribution in [1.82, 2.24) is 9.88 Å². The number of aromatic nitrogens is 1. The predicted octanol–water partition coefficient (Wildman–Crippen LogP) is 1.52. The van der Waals surface area contributed by atoms with Gasteiger partial charge in [-0.05, 0) is 25.0 Å². The Balaban J connectivity index is 0.00000169. The number of carbonyl (C=O) groups excluding carboxylic acids is 2. The average Bonchev–Trinajstić information content (AvgIpc) is 3.46. The van der Waals surface area contributed by atoms with E-state index in [0.717, 1.165) is 44.8 Å². The van der Waals surface area contributed by atoms with Gasteiger partial charge in [-0.2, -0.15) is 0 Å². The van der Waals surface area contributed by atoms with Gasteiger partial charge in [-0.15, -0.1) is 24.8 Å². The molecule has 2 aliphatic rings. The molecule has 1 aromatic heterocycles. The molecule has 9 heteroatoms. The van der Waals surface area contributed by atoms with Crippen LogP contribution in [0.3, 0.4) is 0 Å². The molecule has 1 saturated heterocycles. The van der Waals surface area contributed by atoms with Gasteiger partial charge in [-0.25, -0.2) is 4.98 Å². The van der Waals surface area contributed by atoms with E-state index in [1.54, 1.807) is 13.1 Å². The molecule has 0 radical (unpaired) electrons. The first-order valence-corrected chi connectivity index (χ1v) is 8.59. The van der Waals surface area contributed by atoms with Gasteiger partial charge in [0.2, 0.25) is 11.8 Å². The molecule has 26 heavy (non-hydrogen) atoms. The highest BCUT2D eigenvalue weighted by Crippen LogP contribution is 2.31. The van der Waals surface area contributed by atoms with Gasteiger partial charge >= 0.3 is 0 Å². The topological polar surface area (TPSA) is 91.6 Å². The number of rotatable bonds is 5. The molecule has 0 bridgehead atoms. The van der Waals surface area contributed by atoms with Gasteiger partial charge in [0.15, 0.2) is 0 Å². The first kappa shape index (κ1) is 22.5. The van der Waals surface area contributed by atoms with Crippen molar-refractivity contribution in [3.8, 4) is 0 Å². The first-order valence-electron chi connectivity index (χ1n) is 8.59. The van der Waals surface area contributed by atoms with Gasteiger partial charge in [0.25, 0.3) is 0 Å². The fourth-order valence-corrected chi connectivity index (χ4v) is 2.76. The largest absolute Gasteiger partial charge is 0.353 e. The number of amides is 2. The number of carbonyl (C=O) groups is 2. The number of halogens is 2. The lowest BCUT2D eigenvalue weighted by Gasteiger charge is -2.35. The zero-order chi connectivity index (χ0) is 17.1. The monoisotopic (exact) mass is 403 g/mol. The maximum Gasteiger partial charge on any atom is 0.228 e. The predicted molar refractivity (Wildman–Crippen MR) is 107 cm³/mol. The summed E-state index contributed by atoms with van der Waals surface area (Å²) in [4.78, 5) is 32.5. The third-order valence-electron chi connectivity index (χ3n) is 4.66. The molecule has 2 amide bonds. The Kier molecular flexibility index (Phi) is 8.59. The molecule has 1 atom stereocenters. The number of nitrogens with one attached hydrogen (secondary N) is 1. The molecular formula is C17H27Cl2N5O2. The van der Waals surface area contributed by atoms with Gasteiger partial charge in [-0.3, -0.25) is 9.59 Å². The molecule has 0 spiro atoms. The number of piperazine rings is 1. The van der Waals surface area contributed by atoms with Crippen LogP contribution in [0.4, 0.5) is 11.5 Å². The standard InChI is InChI=1S/C17H25N5O2.2ClH/c1-12(10-18)16(23)20-14-4-5-15(19-11-14)21-6-8-22(9-7-21)17(24)13-2-3-13;;/h4-5,11-13H,2-3,6-10,18H2,1H3,(H,20,23);2*1H. The second kappa shape index (κ2) is 9.94.